The number of phenols is 2. The topological polar surface area (TPSA) is 96.6 Å². The van der Waals surface area contributed by atoms with Crippen molar-refractivity contribution in [2.24, 2.45) is 7.05 Å². The number of rotatable bonds is 2. The van der Waals surface area contributed by atoms with Crippen molar-refractivity contribution in [3.05, 3.63) is 59.1 Å². The molecule has 7 heteroatoms. The third kappa shape index (κ3) is 2.78. The second kappa shape index (κ2) is 6.49. The van der Waals surface area contributed by atoms with E-state index in [2.05, 4.69) is 16.4 Å². The third-order valence-electron chi connectivity index (χ3n) is 5.32. The van der Waals surface area contributed by atoms with E-state index in [9.17, 15) is 15.0 Å². The van der Waals surface area contributed by atoms with Gasteiger partial charge in [-0.2, -0.15) is 0 Å². The number of carbonyl (C=O) groups excluding carboxylic acids is 1. The number of phenolic OH excluding ortho intramolecular Hbond substituents is 2. The van der Waals surface area contributed by atoms with E-state index in [-0.39, 0.29) is 28.6 Å². The lowest BCUT2D eigenvalue weighted by Gasteiger charge is -2.15. The van der Waals surface area contributed by atoms with Gasteiger partial charge in [-0.25, -0.2) is 4.98 Å². The average Bonchev–Trinajstić information content (AvgIpc) is 3.19. The molecule has 3 aromatic rings. The number of benzene rings is 1. The Morgan fingerprint density at radius 2 is 2.17 bits per heavy atom. The summed E-state index contributed by atoms with van der Waals surface area (Å²) < 4.78 is 7.58. The van der Waals surface area contributed by atoms with Crippen LogP contribution in [0.3, 0.4) is 0 Å². The maximum atomic E-state index is 12.8. The van der Waals surface area contributed by atoms with Gasteiger partial charge in [-0.05, 0) is 36.2 Å². The minimum atomic E-state index is -0.416. The summed E-state index contributed by atoms with van der Waals surface area (Å²) in [4.78, 5) is 17.3. The molecule has 0 aliphatic carbocycles. The zero-order chi connectivity index (χ0) is 20.1. The van der Waals surface area contributed by atoms with Crippen LogP contribution in [0.4, 0.5) is 0 Å². The van der Waals surface area contributed by atoms with Gasteiger partial charge in [0.1, 0.15) is 28.5 Å². The number of aromatic hydroxyl groups is 2. The second-order valence-corrected chi connectivity index (χ2v) is 7.21. The van der Waals surface area contributed by atoms with Crippen molar-refractivity contribution < 1.29 is 19.7 Å². The van der Waals surface area contributed by atoms with Gasteiger partial charge < -0.3 is 24.8 Å². The van der Waals surface area contributed by atoms with Crippen LogP contribution in [0.2, 0.25) is 0 Å². The Morgan fingerprint density at radius 3 is 2.97 bits per heavy atom. The smallest absolute Gasteiger partial charge is 0.235 e. The van der Waals surface area contributed by atoms with Crippen LogP contribution in [0.5, 0.6) is 17.2 Å². The molecule has 0 saturated carbocycles. The monoisotopic (exact) mass is 389 g/mol. The van der Waals surface area contributed by atoms with E-state index in [1.165, 1.54) is 11.6 Å². The molecular formula is C22H19N3O4. The summed E-state index contributed by atoms with van der Waals surface area (Å²) in [6.45, 7) is 1.74. The van der Waals surface area contributed by atoms with Gasteiger partial charge >= 0.3 is 0 Å². The molecule has 0 bridgehead atoms. The number of Topliss-reactive ketones (excluding diaryl/α,β-unsaturated/α-hetero) is 1. The molecule has 29 heavy (non-hydrogen) atoms. The fourth-order valence-electron chi connectivity index (χ4n) is 4.00. The first-order chi connectivity index (χ1) is 14.0. The third-order valence-corrected chi connectivity index (χ3v) is 5.32. The molecule has 0 fully saturated rings. The van der Waals surface area contributed by atoms with Crippen LogP contribution in [-0.4, -0.2) is 38.6 Å². The maximum absolute atomic E-state index is 12.8. The van der Waals surface area contributed by atoms with E-state index >= 15 is 0 Å². The molecule has 0 amide bonds. The molecule has 3 N–H and O–H groups in total. The highest BCUT2D eigenvalue weighted by Crippen LogP contribution is 2.41. The van der Waals surface area contributed by atoms with Crippen LogP contribution < -0.4 is 10.1 Å². The number of aromatic nitrogens is 2. The SMILES string of the molecule is Cn1cc(C=C2Oc3cc(O)cc(O)c3C2=O)c2c(C3=CCNCC3)ccnc21. The van der Waals surface area contributed by atoms with Crippen molar-refractivity contribution in [1.29, 1.82) is 0 Å². The summed E-state index contributed by atoms with van der Waals surface area (Å²) in [6.07, 6.45) is 8.47. The van der Waals surface area contributed by atoms with Crippen LogP contribution in [-0.2, 0) is 7.05 Å². The lowest BCUT2D eigenvalue weighted by atomic mass is 9.96. The number of allylic oxidation sites excluding steroid dienone is 1. The van der Waals surface area contributed by atoms with Gasteiger partial charge in [-0.1, -0.05) is 6.08 Å². The van der Waals surface area contributed by atoms with Gasteiger partial charge in [0, 0.05) is 49.1 Å². The molecule has 5 rings (SSSR count). The van der Waals surface area contributed by atoms with E-state index in [4.69, 9.17) is 4.74 Å². The Balaban J connectivity index is 1.66. The first kappa shape index (κ1) is 17.5. The summed E-state index contributed by atoms with van der Waals surface area (Å²) in [7, 11) is 1.91. The molecule has 1 aromatic carbocycles. The van der Waals surface area contributed by atoms with Gasteiger partial charge in [-0.15, -0.1) is 0 Å². The molecule has 0 radical (unpaired) electrons. The second-order valence-electron chi connectivity index (χ2n) is 7.21. The van der Waals surface area contributed by atoms with E-state index in [1.807, 2.05) is 23.9 Å². The van der Waals surface area contributed by atoms with Gasteiger partial charge in [0.25, 0.3) is 0 Å². The van der Waals surface area contributed by atoms with Crippen molar-refractivity contribution in [2.75, 3.05) is 13.1 Å². The van der Waals surface area contributed by atoms with Crippen LogP contribution in [0.25, 0.3) is 22.7 Å². The first-order valence-corrected chi connectivity index (χ1v) is 9.37. The molecular weight excluding hydrogens is 370 g/mol. The number of hydrogen-bond acceptors (Lipinski definition) is 6. The van der Waals surface area contributed by atoms with Crippen molar-refractivity contribution in [2.45, 2.75) is 6.42 Å². The molecule has 2 aliphatic rings. The van der Waals surface area contributed by atoms with E-state index < -0.39 is 5.78 Å². The molecule has 0 unspecified atom stereocenters. The Labute approximate surface area is 166 Å². The number of hydrogen-bond donors (Lipinski definition) is 3. The number of aryl methyl sites for hydroxylation is 1. The van der Waals surface area contributed by atoms with Crippen molar-refractivity contribution in [3.8, 4) is 17.2 Å². The largest absolute Gasteiger partial charge is 0.508 e. The Kier molecular flexibility index (Phi) is 3.92. The fraction of sp³-hybridized carbons (Fsp3) is 0.182. The summed E-state index contributed by atoms with van der Waals surface area (Å²) in [5, 5.41) is 24.0. The zero-order valence-electron chi connectivity index (χ0n) is 15.8. The quantitative estimate of drug-likeness (QED) is 0.583. The molecule has 7 nitrogen and oxygen atoms in total. The predicted octanol–water partition coefficient (Wildman–Crippen LogP) is 2.98. The molecule has 146 valence electrons. The Bertz CT molecular complexity index is 1240. The van der Waals surface area contributed by atoms with Crippen molar-refractivity contribution in [3.63, 3.8) is 0 Å². The van der Waals surface area contributed by atoms with Crippen molar-refractivity contribution in [1.82, 2.24) is 14.9 Å². The molecule has 2 aliphatic heterocycles. The van der Waals surface area contributed by atoms with Crippen LogP contribution in [0.15, 0.2) is 42.4 Å². The maximum Gasteiger partial charge on any atom is 0.235 e. The van der Waals surface area contributed by atoms with E-state index in [0.717, 1.165) is 47.7 Å². The molecule has 0 saturated heterocycles. The average molecular weight is 389 g/mol. The lowest BCUT2D eigenvalue weighted by molar-refractivity contribution is 0.101. The number of carbonyl (C=O) groups is 1. The number of ketones is 1. The van der Waals surface area contributed by atoms with Gasteiger partial charge in [0.15, 0.2) is 5.76 Å². The minimum absolute atomic E-state index is 0.0636. The van der Waals surface area contributed by atoms with Crippen LogP contribution in [0, 0.1) is 0 Å². The Hall–Kier alpha value is -3.58. The predicted molar refractivity (Wildman–Crippen MR) is 109 cm³/mol. The number of fused-ring (bicyclic) bond motifs is 2. The molecule has 0 atom stereocenters. The number of pyridine rings is 1. The number of nitrogens with one attached hydrogen (secondary N) is 1. The van der Waals surface area contributed by atoms with E-state index in [1.54, 1.807) is 12.3 Å². The molecule has 4 heterocycles. The van der Waals surface area contributed by atoms with Gasteiger partial charge in [0.05, 0.1) is 0 Å². The molecule has 0 spiro atoms. The highest BCUT2D eigenvalue weighted by atomic mass is 16.5. The fourth-order valence-corrected chi connectivity index (χ4v) is 4.00. The van der Waals surface area contributed by atoms with Crippen LogP contribution in [0.1, 0.15) is 27.9 Å². The first-order valence-electron chi connectivity index (χ1n) is 9.37. The van der Waals surface area contributed by atoms with Crippen molar-refractivity contribution >= 4 is 28.5 Å². The standard InChI is InChI=1S/C22H19N3O4/c1-25-11-13(8-18-21(28)20-16(27)9-14(26)10-17(20)29-18)19-15(4-7-24-22(19)25)12-2-5-23-6-3-12/h2,4,7-11,23,26-27H,3,5-6H2,1H3. The minimum Gasteiger partial charge on any atom is -0.508 e. The lowest BCUT2D eigenvalue weighted by Crippen LogP contribution is -2.20. The highest BCUT2D eigenvalue weighted by molar-refractivity contribution is 6.17. The summed E-state index contributed by atoms with van der Waals surface area (Å²) in [5.41, 5.74) is 4.02. The summed E-state index contributed by atoms with van der Waals surface area (Å²) >= 11 is 0. The Morgan fingerprint density at radius 1 is 1.31 bits per heavy atom. The number of nitrogens with zero attached hydrogens (tertiary/aromatic N) is 2. The number of ether oxygens (including phenoxy) is 1. The molecule has 2 aromatic heterocycles. The summed E-state index contributed by atoms with van der Waals surface area (Å²) in [6, 6.07) is 4.45. The van der Waals surface area contributed by atoms with E-state index in [0.29, 0.717) is 0 Å². The van der Waals surface area contributed by atoms with Crippen LogP contribution >= 0.6 is 0 Å². The highest BCUT2D eigenvalue weighted by Gasteiger charge is 2.31. The summed E-state index contributed by atoms with van der Waals surface area (Å²) in [5.74, 6) is -0.625. The van der Waals surface area contributed by atoms with Gasteiger partial charge in [0.2, 0.25) is 5.78 Å². The van der Waals surface area contributed by atoms with Gasteiger partial charge in [-0.3, -0.25) is 4.79 Å². The normalized spacial score (nSPS) is 17.5. The zero-order valence-corrected chi connectivity index (χ0v) is 15.8.